The number of hydrogen-bond acceptors (Lipinski definition) is 3. The first kappa shape index (κ1) is 13.9. The minimum absolute atomic E-state index is 0.546. The van der Waals surface area contributed by atoms with E-state index in [9.17, 15) is 0 Å². The molecule has 3 heteroatoms. The second-order valence-electron chi connectivity index (χ2n) is 5.38. The lowest BCUT2D eigenvalue weighted by Gasteiger charge is -2.39. The van der Waals surface area contributed by atoms with Crippen LogP contribution in [0.5, 0.6) is 0 Å². The molecule has 2 rings (SSSR count). The zero-order valence-corrected chi connectivity index (χ0v) is 12.3. The van der Waals surface area contributed by atoms with Crippen LogP contribution in [0.3, 0.4) is 0 Å². The Labute approximate surface area is 116 Å². The summed E-state index contributed by atoms with van der Waals surface area (Å²) in [7, 11) is 2.22. The molecule has 2 unspecified atom stereocenters. The number of benzene rings is 1. The maximum absolute atomic E-state index is 4.53. The summed E-state index contributed by atoms with van der Waals surface area (Å²) >= 11 is 4.53. The van der Waals surface area contributed by atoms with Gasteiger partial charge in [0, 0.05) is 38.1 Å². The fourth-order valence-corrected chi connectivity index (χ4v) is 2.92. The summed E-state index contributed by atoms with van der Waals surface area (Å²) in [6.07, 6.45) is 0. The van der Waals surface area contributed by atoms with Crippen LogP contribution in [-0.4, -0.2) is 54.8 Å². The zero-order valence-electron chi connectivity index (χ0n) is 11.4. The molecule has 1 aromatic rings. The summed E-state index contributed by atoms with van der Waals surface area (Å²) in [5, 5.41) is 0. The van der Waals surface area contributed by atoms with Gasteiger partial charge in [-0.25, -0.2) is 0 Å². The molecule has 0 aromatic heterocycles. The molecule has 0 bridgehead atoms. The standard InChI is InChI=1S/C15H24N2S/c1-13-10-17(9-8-16(13)2)11-15(12-18)14-6-4-3-5-7-14/h3-7,13,15,18H,8-12H2,1-2H3. The van der Waals surface area contributed by atoms with Crippen LogP contribution in [0.4, 0.5) is 0 Å². The van der Waals surface area contributed by atoms with Crippen molar-refractivity contribution in [1.29, 1.82) is 0 Å². The van der Waals surface area contributed by atoms with E-state index in [-0.39, 0.29) is 0 Å². The Morgan fingerprint density at radius 1 is 1.28 bits per heavy atom. The van der Waals surface area contributed by atoms with Crippen LogP contribution < -0.4 is 0 Å². The van der Waals surface area contributed by atoms with Gasteiger partial charge in [-0.3, -0.25) is 4.90 Å². The summed E-state index contributed by atoms with van der Waals surface area (Å²) in [5.74, 6) is 1.47. The molecule has 1 aliphatic rings. The van der Waals surface area contributed by atoms with Crippen molar-refractivity contribution in [2.45, 2.75) is 18.9 Å². The number of hydrogen-bond donors (Lipinski definition) is 1. The Balaban J connectivity index is 1.95. The van der Waals surface area contributed by atoms with Gasteiger partial charge in [-0.2, -0.15) is 12.6 Å². The van der Waals surface area contributed by atoms with Gasteiger partial charge >= 0.3 is 0 Å². The quantitative estimate of drug-likeness (QED) is 0.834. The number of piperazine rings is 1. The highest BCUT2D eigenvalue weighted by molar-refractivity contribution is 7.80. The van der Waals surface area contributed by atoms with E-state index in [1.807, 2.05) is 0 Å². The maximum Gasteiger partial charge on any atom is 0.0192 e. The monoisotopic (exact) mass is 264 g/mol. The van der Waals surface area contributed by atoms with Gasteiger partial charge in [0.25, 0.3) is 0 Å². The average Bonchev–Trinajstić information content (AvgIpc) is 2.41. The molecule has 100 valence electrons. The van der Waals surface area contributed by atoms with Crippen molar-refractivity contribution in [3.63, 3.8) is 0 Å². The highest BCUT2D eigenvalue weighted by Crippen LogP contribution is 2.20. The second-order valence-corrected chi connectivity index (χ2v) is 5.74. The average molecular weight is 264 g/mol. The highest BCUT2D eigenvalue weighted by atomic mass is 32.1. The third-order valence-corrected chi connectivity index (χ3v) is 4.45. The molecule has 2 atom stereocenters. The Hall–Kier alpha value is -0.510. The summed E-state index contributed by atoms with van der Waals surface area (Å²) in [5.41, 5.74) is 1.42. The Kier molecular flexibility index (Phi) is 5.10. The molecule has 0 N–H and O–H groups in total. The normalized spacial score (nSPS) is 24.1. The Bertz CT molecular complexity index is 355. The van der Waals surface area contributed by atoms with Crippen molar-refractivity contribution in [3.8, 4) is 0 Å². The van der Waals surface area contributed by atoms with Crippen molar-refractivity contribution in [2.75, 3.05) is 39.0 Å². The van der Waals surface area contributed by atoms with Crippen molar-refractivity contribution < 1.29 is 0 Å². The molecular weight excluding hydrogens is 240 g/mol. The van der Waals surface area contributed by atoms with Gasteiger partial charge in [-0.15, -0.1) is 0 Å². The maximum atomic E-state index is 4.53. The minimum Gasteiger partial charge on any atom is -0.301 e. The fraction of sp³-hybridized carbons (Fsp3) is 0.600. The van der Waals surface area contributed by atoms with E-state index < -0.39 is 0 Å². The van der Waals surface area contributed by atoms with Crippen LogP contribution in [0, 0.1) is 0 Å². The molecule has 0 saturated carbocycles. The predicted molar refractivity (Wildman–Crippen MR) is 81.6 cm³/mol. The molecule has 0 radical (unpaired) electrons. The van der Waals surface area contributed by atoms with Crippen molar-refractivity contribution in [1.82, 2.24) is 9.80 Å². The van der Waals surface area contributed by atoms with E-state index in [4.69, 9.17) is 0 Å². The molecule has 1 aliphatic heterocycles. The SMILES string of the molecule is CC1CN(CC(CS)c2ccccc2)CCN1C. The Morgan fingerprint density at radius 2 is 2.00 bits per heavy atom. The van der Waals surface area contributed by atoms with E-state index in [2.05, 4.69) is 66.7 Å². The lowest BCUT2D eigenvalue weighted by molar-refractivity contribution is 0.102. The highest BCUT2D eigenvalue weighted by Gasteiger charge is 2.23. The van der Waals surface area contributed by atoms with Crippen LogP contribution in [0.1, 0.15) is 18.4 Å². The molecule has 0 aliphatic carbocycles. The zero-order chi connectivity index (χ0) is 13.0. The van der Waals surface area contributed by atoms with Crippen LogP contribution in [0.25, 0.3) is 0 Å². The summed E-state index contributed by atoms with van der Waals surface area (Å²) in [6, 6.07) is 11.4. The van der Waals surface area contributed by atoms with Gasteiger partial charge in [-0.1, -0.05) is 30.3 Å². The molecular formula is C15H24N2S. The first-order chi connectivity index (χ1) is 8.70. The Morgan fingerprint density at radius 3 is 2.61 bits per heavy atom. The molecule has 0 amide bonds. The summed E-state index contributed by atoms with van der Waals surface area (Å²) in [6.45, 7) is 6.97. The minimum atomic E-state index is 0.546. The van der Waals surface area contributed by atoms with E-state index >= 15 is 0 Å². The molecule has 1 saturated heterocycles. The molecule has 2 nitrogen and oxygen atoms in total. The molecule has 1 heterocycles. The lowest BCUT2D eigenvalue weighted by atomic mass is 10.00. The van der Waals surface area contributed by atoms with E-state index in [1.165, 1.54) is 25.2 Å². The van der Waals surface area contributed by atoms with Crippen LogP contribution in [0.2, 0.25) is 0 Å². The van der Waals surface area contributed by atoms with Gasteiger partial charge in [0.1, 0.15) is 0 Å². The van der Waals surface area contributed by atoms with E-state index in [1.54, 1.807) is 0 Å². The summed E-state index contributed by atoms with van der Waals surface area (Å²) < 4.78 is 0. The molecule has 1 fully saturated rings. The molecule has 18 heavy (non-hydrogen) atoms. The number of likely N-dealkylation sites (N-methyl/N-ethyl adjacent to an activating group) is 1. The molecule has 1 aromatic carbocycles. The predicted octanol–water partition coefficient (Wildman–Crippen LogP) is 2.34. The van der Waals surface area contributed by atoms with Gasteiger partial charge in [0.15, 0.2) is 0 Å². The third kappa shape index (κ3) is 3.50. The third-order valence-electron chi connectivity index (χ3n) is 4.01. The van der Waals surface area contributed by atoms with E-state index in [0.717, 1.165) is 12.3 Å². The van der Waals surface area contributed by atoms with Gasteiger partial charge in [0.05, 0.1) is 0 Å². The van der Waals surface area contributed by atoms with Gasteiger partial charge < -0.3 is 4.90 Å². The molecule has 0 spiro atoms. The topological polar surface area (TPSA) is 6.48 Å². The fourth-order valence-electron chi connectivity index (χ4n) is 2.60. The van der Waals surface area contributed by atoms with Crippen molar-refractivity contribution in [3.05, 3.63) is 35.9 Å². The first-order valence-electron chi connectivity index (χ1n) is 6.79. The van der Waals surface area contributed by atoms with Crippen LogP contribution >= 0.6 is 12.6 Å². The van der Waals surface area contributed by atoms with E-state index in [0.29, 0.717) is 12.0 Å². The first-order valence-corrected chi connectivity index (χ1v) is 7.42. The van der Waals surface area contributed by atoms with Crippen molar-refractivity contribution >= 4 is 12.6 Å². The van der Waals surface area contributed by atoms with Crippen molar-refractivity contribution in [2.24, 2.45) is 0 Å². The smallest absolute Gasteiger partial charge is 0.0192 e. The van der Waals surface area contributed by atoms with Crippen LogP contribution in [0.15, 0.2) is 30.3 Å². The van der Waals surface area contributed by atoms with Crippen LogP contribution in [-0.2, 0) is 0 Å². The van der Waals surface area contributed by atoms with Gasteiger partial charge in [0.2, 0.25) is 0 Å². The summed E-state index contributed by atoms with van der Waals surface area (Å²) in [4.78, 5) is 5.02. The lowest BCUT2D eigenvalue weighted by Crippen LogP contribution is -2.51. The number of thiol groups is 1. The largest absolute Gasteiger partial charge is 0.301 e. The second kappa shape index (κ2) is 6.60. The van der Waals surface area contributed by atoms with Gasteiger partial charge in [-0.05, 0) is 25.3 Å². The number of nitrogens with zero attached hydrogens (tertiary/aromatic N) is 2. The number of rotatable bonds is 4.